The molecule has 0 amide bonds. The maximum absolute atomic E-state index is 5.48. The van der Waals surface area contributed by atoms with Gasteiger partial charge in [0.05, 0.1) is 7.11 Å². The molecule has 1 aromatic rings. The van der Waals surface area contributed by atoms with Gasteiger partial charge < -0.3 is 15.4 Å². The lowest BCUT2D eigenvalue weighted by Crippen LogP contribution is -2.32. The standard InChI is InChI=1S/C16H26N2O/c1-3-10-17-11-12-18-15-8-4-7-14-13(15)6-5-9-16(14)19-2/h5-6,9,15,17-18H,3-4,7-8,10-12H2,1-2H3. The van der Waals surface area contributed by atoms with Gasteiger partial charge in [0.15, 0.2) is 0 Å². The van der Waals surface area contributed by atoms with E-state index in [1.165, 1.54) is 30.4 Å². The molecule has 0 radical (unpaired) electrons. The van der Waals surface area contributed by atoms with Gasteiger partial charge in [-0.05, 0) is 49.4 Å². The molecule has 2 rings (SSSR count). The van der Waals surface area contributed by atoms with Gasteiger partial charge in [-0.2, -0.15) is 0 Å². The van der Waals surface area contributed by atoms with Crippen LogP contribution in [0.15, 0.2) is 18.2 Å². The van der Waals surface area contributed by atoms with Crippen LogP contribution in [-0.4, -0.2) is 26.7 Å². The second kappa shape index (κ2) is 7.51. The summed E-state index contributed by atoms with van der Waals surface area (Å²) in [5.41, 5.74) is 2.83. The van der Waals surface area contributed by atoms with Gasteiger partial charge in [0.1, 0.15) is 5.75 Å². The van der Waals surface area contributed by atoms with Crippen LogP contribution in [0.2, 0.25) is 0 Å². The molecule has 0 spiro atoms. The summed E-state index contributed by atoms with van der Waals surface area (Å²) in [5.74, 6) is 1.05. The van der Waals surface area contributed by atoms with E-state index < -0.39 is 0 Å². The highest BCUT2D eigenvalue weighted by molar-refractivity contribution is 5.43. The van der Waals surface area contributed by atoms with Gasteiger partial charge in [-0.25, -0.2) is 0 Å². The molecule has 3 heteroatoms. The van der Waals surface area contributed by atoms with Crippen LogP contribution >= 0.6 is 0 Å². The van der Waals surface area contributed by atoms with Crippen molar-refractivity contribution < 1.29 is 4.74 Å². The van der Waals surface area contributed by atoms with E-state index >= 15 is 0 Å². The zero-order chi connectivity index (χ0) is 13.5. The Hall–Kier alpha value is -1.06. The summed E-state index contributed by atoms with van der Waals surface area (Å²) in [6, 6.07) is 6.91. The summed E-state index contributed by atoms with van der Waals surface area (Å²) in [6.07, 6.45) is 4.82. The van der Waals surface area contributed by atoms with Crippen LogP contribution in [0, 0.1) is 0 Å². The average molecular weight is 262 g/mol. The van der Waals surface area contributed by atoms with E-state index in [-0.39, 0.29) is 0 Å². The lowest BCUT2D eigenvalue weighted by atomic mass is 9.87. The van der Waals surface area contributed by atoms with Gasteiger partial charge in [0.25, 0.3) is 0 Å². The zero-order valence-electron chi connectivity index (χ0n) is 12.2. The number of ether oxygens (including phenoxy) is 1. The Kier molecular flexibility index (Phi) is 5.67. The van der Waals surface area contributed by atoms with Crippen molar-refractivity contribution in [3.63, 3.8) is 0 Å². The Balaban J connectivity index is 1.94. The molecule has 1 aliphatic rings. The monoisotopic (exact) mass is 262 g/mol. The van der Waals surface area contributed by atoms with Gasteiger partial charge in [-0.15, -0.1) is 0 Å². The van der Waals surface area contributed by atoms with Crippen molar-refractivity contribution in [2.24, 2.45) is 0 Å². The van der Waals surface area contributed by atoms with E-state index in [1.54, 1.807) is 7.11 Å². The number of rotatable bonds is 7. The highest BCUT2D eigenvalue weighted by Gasteiger charge is 2.21. The number of nitrogens with one attached hydrogen (secondary N) is 2. The second-order valence-corrected chi connectivity index (χ2v) is 5.18. The Bertz CT molecular complexity index is 392. The van der Waals surface area contributed by atoms with Crippen LogP contribution in [0.3, 0.4) is 0 Å². The van der Waals surface area contributed by atoms with Crippen molar-refractivity contribution >= 4 is 0 Å². The third-order valence-corrected chi connectivity index (χ3v) is 3.80. The molecule has 0 fully saturated rings. The second-order valence-electron chi connectivity index (χ2n) is 5.18. The van der Waals surface area contributed by atoms with Gasteiger partial charge in [0.2, 0.25) is 0 Å². The topological polar surface area (TPSA) is 33.3 Å². The largest absolute Gasteiger partial charge is 0.496 e. The number of hydrogen-bond acceptors (Lipinski definition) is 3. The lowest BCUT2D eigenvalue weighted by molar-refractivity contribution is 0.395. The van der Waals surface area contributed by atoms with Crippen molar-refractivity contribution in [2.45, 2.75) is 38.6 Å². The summed E-state index contributed by atoms with van der Waals surface area (Å²) in [7, 11) is 1.77. The molecular weight excluding hydrogens is 236 g/mol. The first kappa shape index (κ1) is 14.4. The van der Waals surface area contributed by atoms with Gasteiger partial charge in [-0.1, -0.05) is 19.1 Å². The first-order valence-corrected chi connectivity index (χ1v) is 7.46. The molecule has 0 saturated carbocycles. The summed E-state index contributed by atoms with van der Waals surface area (Å²) in [5, 5.41) is 7.10. The maximum atomic E-state index is 5.48. The number of methoxy groups -OCH3 is 1. The first-order valence-electron chi connectivity index (χ1n) is 7.46. The quantitative estimate of drug-likeness (QED) is 0.741. The van der Waals surface area contributed by atoms with E-state index in [1.807, 2.05) is 0 Å². The van der Waals surface area contributed by atoms with Gasteiger partial charge >= 0.3 is 0 Å². The third-order valence-electron chi connectivity index (χ3n) is 3.80. The van der Waals surface area contributed by atoms with Crippen LogP contribution in [0.1, 0.15) is 43.4 Å². The molecule has 0 saturated heterocycles. The van der Waals surface area contributed by atoms with E-state index in [0.29, 0.717) is 6.04 Å². The van der Waals surface area contributed by atoms with Crippen molar-refractivity contribution in [1.82, 2.24) is 10.6 Å². The summed E-state index contributed by atoms with van der Waals surface area (Å²) < 4.78 is 5.48. The van der Waals surface area contributed by atoms with Crippen molar-refractivity contribution in [2.75, 3.05) is 26.7 Å². The van der Waals surface area contributed by atoms with Crippen molar-refractivity contribution in [3.05, 3.63) is 29.3 Å². The molecule has 0 aliphatic heterocycles. The van der Waals surface area contributed by atoms with E-state index in [4.69, 9.17) is 4.74 Å². The summed E-state index contributed by atoms with van der Waals surface area (Å²) in [4.78, 5) is 0. The fourth-order valence-electron chi connectivity index (χ4n) is 2.85. The van der Waals surface area contributed by atoms with E-state index in [0.717, 1.165) is 31.8 Å². The third kappa shape index (κ3) is 3.71. The molecular formula is C16H26N2O. The lowest BCUT2D eigenvalue weighted by Gasteiger charge is -2.27. The molecule has 0 bridgehead atoms. The van der Waals surface area contributed by atoms with Crippen LogP contribution < -0.4 is 15.4 Å². The molecule has 19 heavy (non-hydrogen) atoms. The Morgan fingerprint density at radius 2 is 2.16 bits per heavy atom. The molecule has 2 N–H and O–H groups in total. The minimum absolute atomic E-state index is 0.488. The smallest absolute Gasteiger partial charge is 0.122 e. The summed E-state index contributed by atoms with van der Waals surface area (Å²) in [6.45, 7) is 5.38. The zero-order valence-corrected chi connectivity index (χ0v) is 12.2. The maximum Gasteiger partial charge on any atom is 0.122 e. The number of fused-ring (bicyclic) bond motifs is 1. The van der Waals surface area contributed by atoms with Gasteiger partial charge in [-0.3, -0.25) is 0 Å². The Morgan fingerprint density at radius 3 is 2.95 bits per heavy atom. The molecule has 106 valence electrons. The number of benzene rings is 1. The van der Waals surface area contributed by atoms with E-state index in [2.05, 4.69) is 35.8 Å². The molecule has 0 aromatic heterocycles. The van der Waals surface area contributed by atoms with Crippen LogP contribution in [0.25, 0.3) is 0 Å². The Morgan fingerprint density at radius 1 is 1.26 bits per heavy atom. The average Bonchev–Trinajstić information content (AvgIpc) is 2.46. The Labute approximate surface area is 116 Å². The SMILES string of the molecule is CCCNCCNC1CCCc2c(OC)cccc21. The predicted molar refractivity (Wildman–Crippen MR) is 79.8 cm³/mol. The predicted octanol–water partition coefficient (Wildman–Crippen LogP) is 2.66. The first-order chi connectivity index (χ1) is 9.36. The minimum atomic E-state index is 0.488. The summed E-state index contributed by atoms with van der Waals surface area (Å²) >= 11 is 0. The molecule has 1 atom stereocenters. The van der Waals surface area contributed by atoms with E-state index in [9.17, 15) is 0 Å². The fraction of sp³-hybridized carbons (Fsp3) is 0.625. The molecule has 1 unspecified atom stereocenters. The highest BCUT2D eigenvalue weighted by atomic mass is 16.5. The highest BCUT2D eigenvalue weighted by Crippen LogP contribution is 2.34. The molecule has 0 heterocycles. The molecule has 3 nitrogen and oxygen atoms in total. The minimum Gasteiger partial charge on any atom is -0.496 e. The van der Waals surface area contributed by atoms with Crippen molar-refractivity contribution in [3.8, 4) is 5.75 Å². The van der Waals surface area contributed by atoms with Gasteiger partial charge in [0, 0.05) is 19.1 Å². The molecule has 1 aromatic carbocycles. The fourth-order valence-corrected chi connectivity index (χ4v) is 2.85. The van der Waals surface area contributed by atoms with Crippen LogP contribution in [0.4, 0.5) is 0 Å². The van der Waals surface area contributed by atoms with Crippen molar-refractivity contribution in [1.29, 1.82) is 0 Å². The van der Waals surface area contributed by atoms with Crippen LogP contribution in [0.5, 0.6) is 5.75 Å². The number of hydrogen-bond donors (Lipinski definition) is 2. The normalized spacial score (nSPS) is 18.1. The van der Waals surface area contributed by atoms with Crippen LogP contribution in [-0.2, 0) is 6.42 Å². The molecule has 1 aliphatic carbocycles.